The zero-order chi connectivity index (χ0) is 21.3. The van der Waals surface area contributed by atoms with Crippen LogP contribution in [0, 0.1) is 0 Å². The highest BCUT2D eigenvalue weighted by Crippen LogP contribution is 2.23. The molecule has 1 heterocycles. The Labute approximate surface area is 176 Å². The molecule has 0 aliphatic carbocycles. The van der Waals surface area contributed by atoms with Crippen molar-refractivity contribution in [2.45, 2.75) is 13.3 Å². The normalized spacial score (nSPS) is 10.4. The summed E-state index contributed by atoms with van der Waals surface area (Å²) in [7, 11) is 3.21. The molecule has 0 unspecified atom stereocenters. The van der Waals surface area contributed by atoms with E-state index in [4.69, 9.17) is 14.2 Å². The third kappa shape index (κ3) is 5.47. The highest BCUT2D eigenvalue weighted by Gasteiger charge is 2.10. The summed E-state index contributed by atoms with van der Waals surface area (Å²) < 4.78 is 16.0. The summed E-state index contributed by atoms with van der Waals surface area (Å²) in [5, 5.41) is 2.88. The topological polar surface area (TPSA) is 82.6 Å². The van der Waals surface area contributed by atoms with Crippen LogP contribution < -0.4 is 19.5 Å². The molecule has 1 amide bonds. The molecule has 0 radical (unpaired) electrons. The summed E-state index contributed by atoms with van der Waals surface area (Å²) in [4.78, 5) is 21.1. The first-order valence-corrected chi connectivity index (χ1v) is 9.68. The minimum Gasteiger partial charge on any atom is -0.497 e. The number of benzene rings is 2. The number of nitrogens with zero attached hydrogens (tertiary/aromatic N) is 2. The molecule has 0 saturated carbocycles. The lowest BCUT2D eigenvalue weighted by atomic mass is 10.1. The second-order valence-corrected chi connectivity index (χ2v) is 6.47. The van der Waals surface area contributed by atoms with Crippen molar-refractivity contribution in [3.63, 3.8) is 0 Å². The first kappa shape index (κ1) is 21.1. The standard InChI is InChI=1S/C23H25N3O4/c1-4-30-18-7-5-17(6-8-18)21-14-24-15-22(26-21)23(27)25-10-9-16-11-19(28-2)13-20(12-16)29-3/h5-8,11-15H,4,9-10H2,1-3H3,(H,25,27). The van der Waals surface area contributed by atoms with Crippen molar-refractivity contribution in [3.05, 3.63) is 66.1 Å². The van der Waals surface area contributed by atoms with Crippen molar-refractivity contribution in [2.24, 2.45) is 0 Å². The van der Waals surface area contributed by atoms with Crippen molar-refractivity contribution in [1.82, 2.24) is 15.3 Å². The van der Waals surface area contributed by atoms with E-state index in [1.165, 1.54) is 6.20 Å². The van der Waals surface area contributed by atoms with Crippen molar-refractivity contribution in [1.29, 1.82) is 0 Å². The van der Waals surface area contributed by atoms with E-state index in [1.807, 2.05) is 49.4 Å². The number of aromatic nitrogens is 2. The maximum Gasteiger partial charge on any atom is 0.271 e. The number of methoxy groups -OCH3 is 2. The Hall–Kier alpha value is -3.61. The highest BCUT2D eigenvalue weighted by molar-refractivity contribution is 5.92. The number of ether oxygens (including phenoxy) is 3. The van der Waals surface area contributed by atoms with E-state index in [-0.39, 0.29) is 11.6 Å². The fraction of sp³-hybridized carbons (Fsp3) is 0.261. The predicted molar refractivity (Wildman–Crippen MR) is 114 cm³/mol. The molecule has 7 nitrogen and oxygen atoms in total. The van der Waals surface area contributed by atoms with Crippen LogP contribution in [-0.4, -0.2) is 43.2 Å². The first-order chi connectivity index (χ1) is 14.6. The lowest BCUT2D eigenvalue weighted by Crippen LogP contribution is -2.26. The Morgan fingerprint density at radius 1 is 0.967 bits per heavy atom. The Kier molecular flexibility index (Phi) is 7.21. The second kappa shape index (κ2) is 10.2. The number of carbonyl (C=O) groups is 1. The summed E-state index contributed by atoms with van der Waals surface area (Å²) >= 11 is 0. The molecule has 0 spiro atoms. The van der Waals surface area contributed by atoms with Gasteiger partial charge in [0.1, 0.15) is 22.9 Å². The van der Waals surface area contributed by atoms with Crippen LogP contribution in [0.2, 0.25) is 0 Å². The first-order valence-electron chi connectivity index (χ1n) is 9.68. The van der Waals surface area contributed by atoms with E-state index in [9.17, 15) is 4.79 Å². The Balaban J connectivity index is 1.63. The fourth-order valence-electron chi connectivity index (χ4n) is 2.92. The molecule has 1 aromatic heterocycles. The molecule has 0 saturated heterocycles. The van der Waals surface area contributed by atoms with Crippen LogP contribution in [0.5, 0.6) is 17.2 Å². The highest BCUT2D eigenvalue weighted by atomic mass is 16.5. The zero-order valence-corrected chi connectivity index (χ0v) is 17.3. The number of hydrogen-bond donors (Lipinski definition) is 1. The summed E-state index contributed by atoms with van der Waals surface area (Å²) in [6.45, 7) is 2.99. The molecule has 3 rings (SSSR count). The van der Waals surface area contributed by atoms with Crippen molar-refractivity contribution in [3.8, 4) is 28.5 Å². The Morgan fingerprint density at radius 2 is 1.67 bits per heavy atom. The van der Waals surface area contributed by atoms with Gasteiger partial charge in [0.25, 0.3) is 5.91 Å². The molecule has 0 fully saturated rings. The SMILES string of the molecule is CCOc1ccc(-c2cncc(C(=O)NCCc3cc(OC)cc(OC)c3)n2)cc1. The van der Waals surface area contributed by atoms with Crippen molar-refractivity contribution < 1.29 is 19.0 Å². The molecular weight excluding hydrogens is 382 g/mol. The predicted octanol–water partition coefficient (Wildman–Crippen LogP) is 3.53. The maximum atomic E-state index is 12.5. The van der Waals surface area contributed by atoms with Gasteiger partial charge in [-0.05, 0) is 55.3 Å². The average molecular weight is 407 g/mol. The van der Waals surface area contributed by atoms with Crippen molar-refractivity contribution in [2.75, 3.05) is 27.4 Å². The van der Waals surface area contributed by atoms with Crippen molar-refractivity contribution >= 4 is 5.91 Å². The molecule has 0 aliphatic heterocycles. The molecule has 156 valence electrons. The summed E-state index contributed by atoms with van der Waals surface area (Å²) in [5.74, 6) is 1.94. The molecule has 1 N–H and O–H groups in total. The van der Waals surface area contributed by atoms with Gasteiger partial charge in [0.2, 0.25) is 0 Å². The van der Waals surface area contributed by atoms with E-state index in [1.54, 1.807) is 20.4 Å². The number of amides is 1. The molecule has 0 aliphatic rings. The van der Waals surface area contributed by atoms with Gasteiger partial charge in [-0.15, -0.1) is 0 Å². The van der Waals surface area contributed by atoms with Crippen LogP contribution in [-0.2, 0) is 6.42 Å². The monoisotopic (exact) mass is 407 g/mol. The molecule has 2 aromatic carbocycles. The Bertz CT molecular complexity index is 968. The van der Waals surface area contributed by atoms with Crippen LogP contribution in [0.1, 0.15) is 23.0 Å². The van der Waals surface area contributed by atoms with Crippen LogP contribution in [0.3, 0.4) is 0 Å². The third-order valence-electron chi connectivity index (χ3n) is 4.44. The number of rotatable bonds is 9. The van der Waals surface area contributed by atoms with E-state index in [0.717, 1.165) is 16.9 Å². The largest absolute Gasteiger partial charge is 0.497 e. The van der Waals surface area contributed by atoms with Gasteiger partial charge in [-0.25, -0.2) is 4.98 Å². The van der Waals surface area contributed by atoms with Crippen LogP contribution in [0.4, 0.5) is 0 Å². The van der Waals surface area contributed by atoms with Gasteiger partial charge < -0.3 is 19.5 Å². The molecule has 0 bridgehead atoms. The van der Waals surface area contributed by atoms with Crippen LogP contribution in [0.15, 0.2) is 54.9 Å². The van der Waals surface area contributed by atoms with Gasteiger partial charge in [-0.2, -0.15) is 0 Å². The minimum atomic E-state index is -0.273. The zero-order valence-electron chi connectivity index (χ0n) is 17.3. The van der Waals surface area contributed by atoms with E-state index in [2.05, 4.69) is 15.3 Å². The van der Waals surface area contributed by atoms with Gasteiger partial charge >= 0.3 is 0 Å². The van der Waals surface area contributed by atoms with Gasteiger partial charge in [0.05, 0.1) is 38.9 Å². The molecule has 0 atom stereocenters. The molecule has 7 heteroatoms. The molecule has 30 heavy (non-hydrogen) atoms. The number of hydrogen-bond acceptors (Lipinski definition) is 6. The smallest absolute Gasteiger partial charge is 0.271 e. The van der Waals surface area contributed by atoms with Gasteiger partial charge in [0.15, 0.2) is 0 Å². The van der Waals surface area contributed by atoms with Gasteiger partial charge in [-0.1, -0.05) is 0 Å². The average Bonchev–Trinajstić information content (AvgIpc) is 2.79. The fourth-order valence-corrected chi connectivity index (χ4v) is 2.92. The van der Waals surface area contributed by atoms with Gasteiger partial charge in [-0.3, -0.25) is 9.78 Å². The lowest BCUT2D eigenvalue weighted by molar-refractivity contribution is 0.0949. The van der Waals surface area contributed by atoms with Crippen LogP contribution >= 0.6 is 0 Å². The minimum absolute atomic E-state index is 0.268. The third-order valence-corrected chi connectivity index (χ3v) is 4.44. The molecular formula is C23H25N3O4. The Morgan fingerprint density at radius 3 is 2.30 bits per heavy atom. The maximum absolute atomic E-state index is 12.5. The van der Waals surface area contributed by atoms with Gasteiger partial charge in [0, 0.05) is 18.2 Å². The van der Waals surface area contributed by atoms with E-state index >= 15 is 0 Å². The number of carbonyl (C=O) groups excluding carboxylic acids is 1. The van der Waals surface area contributed by atoms with E-state index < -0.39 is 0 Å². The summed E-state index contributed by atoms with van der Waals surface area (Å²) in [6.07, 6.45) is 3.72. The second-order valence-electron chi connectivity index (χ2n) is 6.47. The lowest BCUT2D eigenvalue weighted by Gasteiger charge is -2.09. The quantitative estimate of drug-likeness (QED) is 0.584. The summed E-state index contributed by atoms with van der Waals surface area (Å²) in [6, 6.07) is 13.2. The van der Waals surface area contributed by atoms with Crippen LogP contribution in [0.25, 0.3) is 11.3 Å². The number of nitrogens with one attached hydrogen (secondary N) is 1. The summed E-state index contributed by atoms with van der Waals surface area (Å²) in [5.41, 5.74) is 2.76. The molecule has 3 aromatic rings. The van der Waals surface area contributed by atoms with E-state index in [0.29, 0.717) is 36.8 Å².